The lowest BCUT2D eigenvalue weighted by Gasteiger charge is -2.30. The Labute approximate surface area is 204 Å². The summed E-state index contributed by atoms with van der Waals surface area (Å²) < 4.78 is 10.0. The second-order valence-corrected chi connectivity index (χ2v) is 9.19. The Bertz CT molecular complexity index is 672. The van der Waals surface area contributed by atoms with Crippen LogP contribution in [0.15, 0.2) is 0 Å². The second kappa shape index (κ2) is 16.1. The summed E-state index contributed by atoms with van der Waals surface area (Å²) in [6.07, 6.45) is -0.728. The first-order chi connectivity index (χ1) is 16.1. The lowest BCUT2D eigenvalue weighted by molar-refractivity contribution is -0.159. The third kappa shape index (κ3) is 16.6. The zero-order valence-corrected chi connectivity index (χ0v) is 20.9. The summed E-state index contributed by atoms with van der Waals surface area (Å²) in [7, 11) is 0. The Balaban J connectivity index is 0.000000540. The molecule has 2 rings (SSSR count). The van der Waals surface area contributed by atoms with Gasteiger partial charge in [0.15, 0.2) is 0 Å². The van der Waals surface area contributed by atoms with E-state index in [0.29, 0.717) is 25.9 Å². The quantitative estimate of drug-likeness (QED) is 0.221. The third-order valence-electron chi connectivity index (χ3n) is 4.42. The number of aliphatic carboxylic acids is 2. The molecule has 2 heterocycles. The van der Waals surface area contributed by atoms with Crippen LogP contribution in [0.25, 0.3) is 0 Å². The maximum absolute atomic E-state index is 11.4. The van der Waals surface area contributed by atoms with Crippen molar-refractivity contribution in [1.82, 2.24) is 21.3 Å². The Morgan fingerprint density at radius 3 is 1.54 bits per heavy atom. The number of carbonyl (C=O) groups is 4. The van der Waals surface area contributed by atoms with E-state index in [0.717, 1.165) is 13.1 Å². The molecule has 14 nitrogen and oxygen atoms in total. The van der Waals surface area contributed by atoms with E-state index in [-0.39, 0.29) is 18.2 Å². The number of ether oxygens (including phenoxy) is 2. The SMILES string of the molecule is CC(C)(C)OC(=O)N[C@H]1CNCC[C@H]1O.CC(C)OC(=O)N[C@H]1CNCC[C@H]1O.O=C(O)C(=O)O. The van der Waals surface area contributed by atoms with Gasteiger partial charge >= 0.3 is 24.1 Å². The average molecular weight is 509 g/mol. The van der Waals surface area contributed by atoms with E-state index in [1.807, 2.05) is 20.8 Å². The lowest BCUT2D eigenvalue weighted by Crippen LogP contribution is -2.54. The topological polar surface area (TPSA) is 216 Å². The van der Waals surface area contributed by atoms with Gasteiger partial charge < -0.3 is 51.2 Å². The summed E-state index contributed by atoms with van der Waals surface area (Å²) in [6, 6.07) is -0.497. The van der Waals surface area contributed by atoms with E-state index in [1.165, 1.54) is 0 Å². The number of aliphatic hydroxyl groups is 2. The summed E-state index contributed by atoms with van der Waals surface area (Å²) in [5, 5.41) is 45.4. The summed E-state index contributed by atoms with van der Waals surface area (Å²) in [6.45, 7) is 11.7. The highest BCUT2D eigenvalue weighted by atomic mass is 16.6. The largest absolute Gasteiger partial charge is 0.473 e. The number of carboxylic acids is 2. The van der Waals surface area contributed by atoms with Crippen LogP contribution >= 0.6 is 0 Å². The molecule has 14 heteroatoms. The minimum atomic E-state index is -1.82. The first kappa shape index (κ1) is 32.3. The summed E-state index contributed by atoms with van der Waals surface area (Å²) in [5.74, 6) is -3.65. The van der Waals surface area contributed by atoms with Gasteiger partial charge in [-0.25, -0.2) is 19.2 Å². The molecule has 204 valence electrons. The van der Waals surface area contributed by atoms with Crippen LogP contribution in [0.2, 0.25) is 0 Å². The van der Waals surface area contributed by atoms with E-state index in [9.17, 15) is 19.8 Å². The molecule has 0 aromatic heterocycles. The van der Waals surface area contributed by atoms with Gasteiger partial charge in [0.2, 0.25) is 0 Å². The van der Waals surface area contributed by atoms with Gasteiger partial charge in [0.25, 0.3) is 0 Å². The zero-order chi connectivity index (χ0) is 27.2. The Morgan fingerprint density at radius 1 is 0.829 bits per heavy atom. The number of rotatable bonds is 3. The number of carbonyl (C=O) groups excluding carboxylic acids is 2. The van der Waals surface area contributed by atoms with Crippen LogP contribution in [0.5, 0.6) is 0 Å². The van der Waals surface area contributed by atoms with Gasteiger partial charge in [-0.1, -0.05) is 0 Å². The first-order valence-electron chi connectivity index (χ1n) is 11.3. The first-order valence-corrected chi connectivity index (χ1v) is 11.3. The zero-order valence-electron chi connectivity index (χ0n) is 20.9. The van der Waals surface area contributed by atoms with Crippen molar-refractivity contribution >= 4 is 24.1 Å². The van der Waals surface area contributed by atoms with Gasteiger partial charge in [-0.05, 0) is 60.5 Å². The van der Waals surface area contributed by atoms with E-state index >= 15 is 0 Å². The van der Waals surface area contributed by atoms with Gasteiger partial charge in [0, 0.05) is 13.1 Å². The predicted octanol–water partition coefficient (Wildman–Crippen LogP) is -0.767. The van der Waals surface area contributed by atoms with Crippen LogP contribution in [0.4, 0.5) is 9.59 Å². The molecule has 0 aliphatic carbocycles. The van der Waals surface area contributed by atoms with Crippen molar-refractivity contribution < 1.29 is 49.1 Å². The molecule has 0 aromatic carbocycles. The average Bonchev–Trinajstić information content (AvgIpc) is 2.70. The third-order valence-corrected chi connectivity index (χ3v) is 4.42. The smallest absolute Gasteiger partial charge is 0.414 e. The molecular weight excluding hydrogens is 468 g/mol. The minimum Gasteiger partial charge on any atom is -0.473 e. The number of aliphatic hydroxyl groups excluding tert-OH is 2. The molecule has 2 saturated heterocycles. The van der Waals surface area contributed by atoms with E-state index in [2.05, 4.69) is 21.3 Å². The monoisotopic (exact) mass is 508 g/mol. The number of nitrogens with one attached hydrogen (secondary N) is 4. The van der Waals surface area contributed by atoms with Crippen molar-refractivity contribution in [2.45, 2.75) is 83.5 Å². The van der Waals surface area contributed by atoms with Crippen molar-refractivity contribution in [3.05, 3.63) is 0 Å². The molecule has 2 amide bonds. The lowest BCUT2D eigenvalue weighted by atomic mass is 10.0. The number of hydrogen-bond acceptors (Lipinski definition) is 10. The maximum atomic E-state index is 11.4. The van der Waals surface area contributed by atoms with Crippen molar-refractivity contribution in [3.8, 4) is 0 Å². The van der Waals surface area contributed by atoms with E-state index < -0.39 is 41.9 Å². The highest BCUT2D eigenvalue weighted by Gasteiger charge is 2.27. The number of amides is 2. The van der Waals surface area contributed by atoms with Gasteiger partial charge in [-0.15, -0.1) is 0 Å². The summed E-state index contributed by atoms with van der Waals surface area (Å²) >= 11 is 0. The van der Waals surface area contributed by atoms with Crippen molar-refractivity contribution in [2.24, 2.45) is 0 Å². The van der Waals surface area contributed by atoms with E-state index in [1.54, 1.807) is 13.8 Å². The predicted molar refractivity (Wildman–Crippen MR) is 124 cm³/mol. The molecule has 35 heavy (non-hydrogen) atoms. The maximum Gasteiger partial charge on any atom is 0.414 e. The van der Waals surface area contributed by atoms with Crippen molar-refractivity contribution in [1.29, 1.82) is 0 Å². The number of piperidine rings is 2. The van der Waals surface area contributed by atoms with Crippen LogP contribution in [0.1, 0.15) is 47.5 Å². The number of alkyl carbamates (subject to hydrolysis) is 2. The standard InChI is InChI=1S/C10H20N2O3.C9H18N2O3.C2H2O4/c1-10(2,3)15-9(14)12-7-6-11-5-4-8(7)13;1-6(2)14-9(13)11-7-5-10-4-3-8(7)12;3-1(4)2(5)6/h7-8,11,13H,4-6H2,1-3H3,(H,12,14);6-8,10,12H,3-5H2,1-2H3,(H,11,13);(H,3,4)(H,5,6)/t2*7-,8+;/m00./s1. The summed E-state index contributed by atoms with van der Waals surface area (Å²) in [4.78, 5) is 40.8. The van der Waals surface area contributed by atoms with E-state index in [4.69, 9.17) is 29.3 Å². The fraction of sp³-hybridized carbons (Fsp3) is 0.810. The van der Waals surface area contributed by atoms with Gasteiger partial charge in [0.1, 0.15) is 5.60 Å². The second-order valence-electron chi connectivity index (χ2n) is 9.19. The molecule has 2 fully saturated rings. The number of carboxylic acid groups (broad SMARTS) is 2. The van der Waals surface area contributed by atoms with Crippen LogP contribution in [0.3, 0.4) is 0 Å². The van der Waals surface area contributed by atoms with Gasteiger partial charge in [-0.2, -0.15) is 0 Å². The molecule has 0 spiro atoms. The van der Waals surface area contributed by atoms with Crippen LogP contribution in [-0.4, -0.2) is 107 Å². The molecule has 8 N–H and O–H groups in total. The molecule has 4 atom stereocenters. The van der Waals surface area contributed by atoms with Gasteiger partial charge in [0.05, 0.1) is 30.4 Å². The highest BCUT2D eigenvalue weighted by molar-refractivity contribution is 6.27. The van der Waals surface area contributed by atoms with Crippen LogP contribution < -0.4 is 21.3 Å². The Morgan fingerprint density at radius 2 is 1.23 bits per heavy atom. The molecule has 0 radical (unpaired) electrons. The normalized spacial score (nSPS) is 23.9. The van der Waals surface area contributed by atoms with Crippen LogP contribution in [-0.2, 0) is 19.1 Å². The summed E-state index contributed by atoms with van der Waals surface area (Å²) in [5.41, 5.74) is -0.503. The Hall–Kier alpha value is -2.68. The Kier molecular flexibility index (Phi) is 14.8. The molecule has 0 unspecified atom stereocenters. The van der Waals surface area contributed by atoms with Crippen molar-refractivity contribution in [3.63, 3.8) is 0 Å². The minimum absolute atomic E-state index is 0.135. The molecule has 0 saturated carbocycles. The van der Waals surface area contributed by atoms with Crippen LogP contribution in [0, 0.1) is 0 Å². The number of hydrogen-bond donors (Lipinski definition) is 8. The molecule has 2 aliphatic rings. The fourth-order valence-corrected chi connectivity index (χ4v) is 2.84. The van der Waals surface area contributed by atoms with Gasteiger partial charge in [-0.3, -0.25) is 0 Å². The molecule has 2 aliphatic heterocycles. The molecule has 0 aromatic rings. The molecular formula is C21H40N4O10. The van der Waals surface area contributed by atoms with Crippen molar-refractivity contribution in [2.75, 3.05) is 26.2 Å². The molecule has 0 bridgehead atoms. The fourth-order valence-electron chi connectivity index (χ4n) is 2.84. The highest BCUT2D eigenvalue weighted by Crippen LogP contribution is 2.09.